The summed E-state index contributed by atoms with van der Waals surface area (Å²) in [5, 5.41) is 0. The SMILES string of the molecule is Cc1ccc(C)c(N2CCN(C(=O)c3ccnc(OC4CCSC4)c3)CC2)c1. The van der Waals surface area contributed by atoms with E-state index in [-0.39, 0.29) is 12.0 Å². The van der Waals surface area contributed by atoms with Crippen molar-refractivity contribution < 1.29 is 9.53 Å². The molecule has 1 unspecified atom stereocenters. The number of piperazine rings is 1. The van der Waals surface area contributed by atoms with Gasteiger partial charge in [0.2, 0.25) is 5.88 Å². The Labute approximate surface area is 171 Å². The molecule has 2 saturated heterocycles. The Bertz CT molecular complexity index is 843. The monoisotopic (exact) mass is 397 g/mol. The number of nitrogens with zero attached hydrogens (tertiary/aromatic N) is 3. The van der Waals surface area contributed by atoms with E-state index >= 15 is 0 Å². The molecule has 2 aliphatic heterocycles. The van der Waals surface area contributed by atoms with Crippen molar-refractivity contribution in [2.24, 2.45) is 0 Å². The first-order chi connectivity index (χ1) is 13.6. The summed E-state index contributed by atoms with van der Waals surface area (Å²) in [6.07, 6.45) is 2.94. The molecule has 0 aliphatic carbocycles. The summed E-state index contributed by atoms with van der Waals surface area (Å²) in [7, 11) is 0. The number of aryl methyl sites for hydroxylation is 2. The maximum Gasteiger partial charge on any atom is 0.254 e. The average molecular weight is 398 g/mol. The summed E-state index contributed by atoms with van der Waals surface area (Å²) in [4.78, 5) is 21.6. The van der Waals surface area contributed by atoms with E-state index in [0.717, 1.165) is 44.1 Å². The van der Waals surface area contributed by atoms with E-state index in [9.17, 15) is 4.79 Å². The minimum Gasteiger partial charge on any atom is -0.473 e. The normalized spacial score (nSPS) is 19.7. The zero-order valence-electron chi connectivity index (χ0n) is 16.6. The van der Waals surface area contributed by atoms with Crippen molar-refractivity contribution in [3.8, 4) is 5.88 Å². The highest BCUT2D eigenvalue weighted by Gasteiger charge is 2.24. The van der Waals surface area contributed by atoms with Gasteiger partial charge in [0, 0.05) is 55.4 Å². The first-order valence-electron chi connectivity index (χ1n) is 9.92. The number of thioether (sulfide) groups is 1. The molecule has 1 amide bonds. The van der Waals surface area contributed by atoms with Gasteiger partial charge >= 0.3 is 0 Å². The number of hydrogen-bond donors (Lipinski definition) is 0. The molecule has 6 heteroatoms. The van der Waals surface area contributed by atoms with E-state index in [1.54, 1.807) is 18.3 Å². The highest BCUT2D eigenvalue weighted by Crippen LogP contribution is 2.25. The van der Waals surface area contributed by atoms with E-state index in [1.807, 2.05) is 16.7 Å². The highest BCUT2D eigenvalue weighted by atomic mass is 32.2. The van der Waals surface area contributed by atoms with Crippen LogP contribution in [-0.4, -0.2) is 59.6 Å². The number of amides is 1. The molecule has 2 aliphatic rings. The van der Waals surface area contributed by atoms with Gasteiger partial charge in [0.05, 0.1) is 0 Å². The number of carbonyl (C=O) groups excluding carboxylic acids is 1. The first kappa shape index (κ1) is 19.1. The molecule has 4 rings (SSSR count). The Balaban J connectivity index is 1.39. The Morgan fingerprint density at radius 3 is 2.71 bits per heavy atom. The molecule has 3 heterocycles. The molecule has 5 nitrogen and oxygen atoms in total. The molecule has 1 aromatic carbocycles. The van der Waals surface area contributed by atoms with Crippen LogP contribution in [0, 0.1) is 13.8 Å². The zero-order valence-corrected chi connectivity index (χ0v) is 17.4. The maximum atomic E-state index is 13.0. The molecule has 2 aromatic rings. The van der Waals surface area contributed by atoms with Crippen molar-refractivity contribution in [3.05, 3.63) is 53.2 Å². The van der Waals surface area contributed by atoms with Crippen LogP contribution in [-0.2, 0) is 0 Å². The number of carbonyl (C=O) groups is 1. The summed E-state index contributed by atoms with van der Waals surface area (Å²) < 4.78 is 5.94. The number of hydrogen-bond acceptors (Lipinski definition) is 5. The van der Waals surface area contributed by atoms with Crippen LogP contribution in [0.15, 0.2) is 36.5 Å². The van der Waals surface area contributed by atoms with Gasteiger partial charge in [-0.3, -0.25) is 4.79 Å². The van der Waals surface area contributed by atoms with E-state index in [2.05, 4.69) is 41.9 Å². The molecule has 148 valence electrons. The van der Waals surface area contributed by atoms with Crippen molar-refractivity contribution >= 4 is 23.4 Å². The van der Waals surface area contributed by atoms with Gasteiger partial charge in [-0.2, -0.15) is 11.8 Å². The van der Waals surface area contributed by atoms with Crippen molar-refractivity contribution in [1.29, 1.82) is 0 Å². The van der Waals surface area contributed by atoms with Gasteiger partial charge in [-0.25, -0.2) is 4.98 Å². The molecule has 1 aromatic heterocycles. The lowest BCUT2D eigenvalue weighted by atomic mass is 10.1. The van der Waals surface area contributed by atoms with Crippen molar-refractivity contribution in [3.63, 3.8) is 0 Å². The smallest absolute Gasteiger partial charge is 0.254 e. The number of benzene rings is 1. The minimum atomic E-state index is 0.0636. The van der Waals surface area contributed by atoms with Crippen LogP contribution in [0.5, 0.6) is 5.88 Å². The molecule has 0 spiro atoms. The molecule has 0 radical (unpaired) electrons. The fraction of sp³-hybridized carbons (Fsp3) is 0.455. The van der Waals surface area contributed by atoms with Crippen LogP contribution < -0.4 is 9.64 Å². The largest absolute Gasteiger partial charge is 0.473 e. The van der Waals surface area contributed by atoms with E-state index in [1.165, 1.54) is 16.8 Å². The molecule has 0 saturated carbocycles. The summed E-state index contributed by atoms with van der Waals surface area (Å²) in [5.41, 5.74) is 4.49. The Hall–Kier alpha value is -2.21. The van der Waals surface area contributed by atoms with E-state index in [0.29, 0.717) is 11.4 Å². The van der Waals surface area contributed by atoms with Crippen molar-refractivity contribution in [1.82, 2.24) is 9.88 Å². The van der Waals surface area contributed by atoms with Gasteiger partial charge in [0.25, 0.3) is 5.91 Å². The van der Waals surface area contributed by atoms with E-state index in [4.69, 9.17) is 4.74 Å². The molecule has 1 atom stereocenters. The Morgan fingerprint density at radius 1 is 1.14 bits per heavy atom. The fourth-order valence-corrected chi connectivity index (χ4v) is 4.87. The second kappa shape index (κ2) is 8.43. The van der Waals surface area contributed by atoms with Crippen LogP contribution in [0.4, 0.5) is 5.69 Å². The summed E-state index contributed by atoms with van der Waals surface area (Å²) in [5.74, 6) is 2.76. The lowest BCUT2D eigenvalue weighted by Gasteiger charge is -2.37. The Kier molecular flexibility index (Phi) is 5.76. The third-order valence-electron chi connectivity index (χ3n) is 5.43. The maximum absolute atomic E-state index is 13.0. The van der Waals surface area contributed by atoms with Crippen LogP contribution in [0.2, 0.25) is 0 Å². The standard InChI is InChI=1S/C22H27N3O2S/c1-16-3-4-17(2)20(13-16)24-8-10-25(11-9-24)22(26)18-5-7-23-21(14-18)27-19-6-12-28-15-19/h3-5,7,13-14,19H,6,8-12,15H2,1-2H3. The number of anilines is 1. The second-order valence-electron chi connectivity index (χ2n) is 7.56. The van der Waals surface area contributed by atoms with Crippen molar-refractivity contribution in [2.45, 2.75) is 26.4 Å². The number of aromatic nitrogens is 1. The quantitative estimate of drug-likeness (QED) is 0.790. The van der Waals surface area contributed by atoms with Gasteiger partial charge in [0.1, 0.15) is 6.10 Å². The van der Waals surface area contributed by atoms with Gasteiger partial charge in [0.15, 0.2) is 0 Å². The molecule has 2 fully saturated rings. The third kappa shape index (κ3) is 4.27. The van der Waals surface area contributed by atoms with Crippen LogP contribution in [0.3, 0.4) is 0 Å². The predicted octanol–water partition coefficient (Wildman–Crippen LogP) is 3.55. The average Bonchev–Trinajstić information content (AvgIpc) is 3.23. The van der Waals surface area contributed by atoms with Gasteiger partial charge in [-0.05, 0) is 49.3 Å². The topological polar surface area (TPSA) is 45.7 Å². The lowest BCUT2D eigenvalue weighted by Crippen LogP contribution is -2.49. The van der Waals surface area contributed by atoms with Crippen LogP contribution in [0.25, 0.3) is 0 Å². The highest BCUT2D eigenvalue weighted by molar-refractivity contribution is 7.99. The summed E-state index contributed by atoms with van der Waals surface area (Å²) in [6.45, 7) is 7.42. The minimum absolute atomic E-state index is 0.0636. The number of pyridine rings is 1. The lowest BCUT2D eigenvalue weighted by molar-refractivity contribution is 0.0745. The predicted molar refractivity (Wildman–Crippen MR) is 115 cm³/mol. The van der Waals surface area contributed by atoms with Crippen LogP contribution >= 0.6 is 11.8 Å². The third-order valence-corrected chi connectivity index (χ3v) is 6.56. The molecule has 0 N–H and O–H groups in total. The van der Waals surface area contributed by atoms with Crippen molar-refractivity contribution in [2.75, 3.05) is 42.6 Å². The molecular weight excluding hydrogens is 370 g/mol. The zero-order chi connectivity index (χ0) is 19.5. The summed E-state index contributed by atoms with van der Waals surface area (Å²) >= 11 is 1.90. The van der Waals surface area contributed by atoms with Gasteiger partial charge in [-0.15, -0.1) is 0 Å². The number of ether oxygens (including phenoxy) is 1. The first-order valence-corrected chi connectivity index (χ1v) is 11.1. The summed E-state index contributed by atoms with van der Waals surface area (Å²) in [6, 6.07) is 10.1. The molecular formula is C22H27N3O2S. The molecule has 28 heavy (non-hydrogen) atoms. The molecule has 0 bridgehead atoms. The Morgan fingerprint density at radius 2 is 1.96 bits per heavy atom. The van der Waals surface area contributed by atoms with Crippen LogP contribution in [0.1, 0.15) is 27.9 Å². The van der Waals surface area contributed by atoms with Gasteiger partial charge in [-0.1, -0.05) is 12.1 Å². The number of rotatable bonds is 4. The van der Waals surface area contributed by atoms with Gasteiger partial charge < -0.3 is 14.5 Å². The fourth-order valence-electron chi connectivity index (χ4n) is 3.78. The second-order valence-corrected chi connectivity index (χ2v) is 8.71. The van der Waals surface area contributed by atoms with E-state index < -0.39 is 0 Å².